The van der Waals surface area contributed by atoms with Crippen molar-refractivity contribution in [3.05, 3.63) is 58.1 Å². The van der Waals surface area contributed by atoms with Crippen LogP contribution in [-0.2, 0) is 10.0 Å². The number of rotatable bonds is 3. The normalized spacial score (nSPS) is 16.2. The van der Waals surface area contributed by atoms with E-state index < -0.39 is 10.0 Å². The van der Waals surface area contributed by atoms with Crippen LogP contribution in [0.25, 0.3) is 0 Å². The number of amides is 1. The summed E-state index contributed by atoms with van der Waals surface area (Å²) in [5.41, 5.74) is 1.49. The topological polar surface area (TPSA) is 66.5 Å². The number of carbonyl (C=O) groups excluding carboxylic acids is 1. The van der Waals surface area contributed by atoms with Crippen molar-refractivity contribution in [2.75, 3.05) is 21.9 Å². The molecule has 1 N–H and O–H groups in total. The smallest absolute Gasteiger partial charge is 0.255 e. The Morgan fingerprint density at radius 3 is 2.21 bits per heavy atom. The molecule has 5 nitrogen and oxygen atoms in total. The zero-order valence-electron chi connectivity index (χ0n) is 12.5. The molecule has 0 aliphatic carbocycles. The fourth-order valence-electron chi connectivity index (χ4n) is 2.53. The van der Waals surface area contributed by atoms with Crippen LogP contribution in [0.15, 0.2) is 42.5 Å². The highest BCUT2D eigenvalue weighted by Crippen LogP contribution is 2.26. The monoisotopic (exact) mass is 384 g/mol. The summed E-state index contributed by atoms with van der Waals surface area (Å²) in [7, 11) is -3.21. The van der Waals surface area contributed by atoms with Crippen LogP contribution in [0, 0.1) is 0 Å². The Morgan fingerprint density at radius 2 is 1.67 bits per heavy atom. The average Bonchev–Trinajstić information content (AvgIpc) is 2.86. The van der Waals surface area contributed by atoms with Crippen LogP contribution in [-0.4, -0.2) is 26.6 Å². The minimum atomic E-state index is -3.21. The van der Waals surface area contributed by atoms with Crippen LogP contribution in [0.5, 0.6) is 0 Å². The molecule has 0 aromatic heterocycles. The van der Waals surface area contributed by atoms with E-state index in [1.807, 2.05) is 0 Å². The third kappa shape index (κ3) is 3.66. The van der Waals surface area contributed by atoms with E-state index in [0.29, 0.717) is 39.9 Å². The Labute approximate surface area is 150 Å². The van der Waals surface area contributed by atoms with Crippen molar-refractivity contribution >= 4 is 50.5 Å². The summed E-state index contributed by atoms with van der Waals surface area (Å²) < 4.78 is 25.2. The first-order valence-corrected chi connectivity index (χ1v) is 9.60. The van der Waals surface area contributed by atoms with E-state index in [0.717, 1.165) is 0 Å². The quantitative estimate of drug-likeness (QED) is 0.875. The zero-order chi connectivity index (χ0) is 17.3. The summed E-state index contributed by atoms with van der Waals surface area (Å²) in [4.78, 5) is 12.2. The molecule has 0 spiro atoms. The summed E-state index contributed by atoms with van der Waals surface area (Å²) in [6, 6.07) is 11.3. The van der Waals surface area contributed by atoms with Gasteiger partial charge in [-0.1, -0.05) is 23.2 Å². The highest BCUT2D eigenvalue weighted by atomic mass is 35.5. The molecule has 0 saturated carbocycles. The number of sulfonamides is 1. The molecular weight excluding hydrogens is 371 g/mol. The number of hydrogen-bond acceptors (Lipinski definition) is 3. The van der Waals surface area contributed by atoms with E-state index in [9.17, 15) is 13.2 Å². The third-order valence-corrected chi connectivity index (χ3v) is 5.94. The van der Waals surface area contributed by atoms with Gasteiger partial charge in [0, 0.05) is 27.8 Å². The van der Waals surface area contributed by atoms with Gasteiger partial charge in [-0.15, -0.1) is 0 Å². The van der Waals surface area contributed by atoms with E-state index in [4.69, 9.17) is 23.2 Å². The van der Waals surface area contributed by atoms with Gasteiger partial charge in [-0.2, -0.15) is 0 Å². The average molecular weight is 385 g/mol. The van der Waals surface area contributed by atoms with Gasteiger partial charge in [0.05, 0.1) is 11.4 Å². The zero-order valence-corrected chi connectivity index (χ0v) is 14.8. The SMILES string of the molecule is O=C(Nc1ccc(N2CCCS2(=O)=O)cc1)c1cc(Cl)cc(Cl)c1. The largest absolute Gasteiger partial charge is 0.322 e. The van der Waals surface area contributed by atoms with Crippen molar-refractivity contribution in [1.82, 2.24) is 0 Å². The number of benzene rings is 2. The summed E-state index contributed by atoms with van der Waals surface area (Å²) in [5.74, 6) is -0.179. The molecule has 1 heterocycles. The lowest BCUT2D eigenvalue weighted by molar-refractivity contribution is 0.102. The Balaban J connectivity index is 1.75. The first kappa shape index (κ1) is 17.1. The van der Waals surface area contributed by atoms with Gasteiger partial charge in [-0.3, -0.25) is 9.10 Å². The van der Waals surface area contributed by atoms with Gasteiger partial charge < -0.3 is 5.32 Å². The molecule has 1 aliphatic heterocycles. The first-order chi connectivity index (χ1) is 11.3. The van der Waals surface area contributed by atoms with Gasteiger partial charge in [-0.25, -0.2) is 8.42 Å². The van der Waals surface area contributed by atoms with Gasteiger partial charge in [0.1, 0.15) is 0 Å². The number of anilines is 2. The second kappa shape index (κ2) is 6.63. The number of carbonyl (C=O) groups is 1. The molecule has 0 bridgehead atoms. The third-order valence-electron chi connectivity index (χ3n) is 3.64. The van der Waals surface area contributed by atoms with E-state index in [1.54, 1.807) is 30.3 Å². The Bertz CT molecular complexity index is 862. The number of hydrogen-bond donors (Lipinski definition) is 1. The van der Waals surface area contributed by atoms with Crippen molar-refractivity contribution in [2.45, 2.75) is 6.42 Å². The second-order valence-corrected chi connectivity index (χ2v) is 8.29. The van der Waals surface area contributed by atoms with Gasteiger partial charge in [0.15, 0.2) is 0 Å². The van der Waals surface area contributed by atoms with Crippen molar-refractivity contribution in [2.24, 2.45) is 0 Å². The standard InChI is InChI=1S/C16H14Cl2N2O3S/c17-12-8-11(9-13(18)10-12)16(21)19-14-2-4-15(5-3-14)20-6-1-7-24(20,22)23/h2-5,8-10H,1,6-7H2,(H,19,21). The molecule has 126 valence electrons. The maximum atomic E-state index is 12.2. The van der Waals surface area contributed by atoms with Crippen molar-refractivity contribution < 1.29 is 13.2 Å². The summed E-state index contributed by atoms with van der Waals surface area (Å²) in [5, 5.41) is 3.48. The molecule has 2 aromatic rings. The molecule has 0 atom stereocenters. The summed E-state index contributed by atoms with van der Waals surface area (Å²) in [6.07, 6.45) is 0.621. The van der Waals surface area contributed by atoms with Crippen molar-refractivity contribution in [3.8, 4) is 0 Å². The van der Waals surface area contributed by atoms with Crippen molar-refractivity contribution in [1.29, 1.82) is 0 Å². The maximum absolute atomic E-state index is 12.2. The highest BCUT2D eigenvalue weighted by Gasteiger charge is 2.28. The maximum Gasteiger partial charge on any atom is 0.255 e. The van der Waals surface area contributed by atoms with Crippen LogP contribution in [0.3, 0.4) is 0 Å². The van der Waals surface area contributed by atoms with Gasteiger partial charge >= 0.3 is 0 Å². The fraction of sp³-hybridized carbons (Fsp3) is 0.188. The number of halogens is 2. The Hall–Kier alpha value is -1.76. The molecule has 8 heteroatoms. The molecule has 24 heavy (non-hydrogen) atoms. The second-order valence-electron chi connectivity index (χ2n) is 5.40. The molecule has 1 amide bonds. The highest BCUT2D eigenvalue weighted by molar-refractivity contribution is 7.93. The molecule has 1 fully saturated rings. The lowest BCUT2D eigenvalue weighted by Crippen LogP contribution is -2.24. The van der Waals surface area contributed by atoms with E-state index in [2.05, 4.69) is 5.32 Å². The molecule has 1 saturated heterocycles. The molecular formula is C16H14Cl2N2O3S. The lowest BCUT2D eigenvalue weighted by Gasteiger charge is -2.17. The molecule has 0 radical (unpaired) electrons. The van der Waals surface area contributed by atoms with Gasteiger partial charge in [0.25, 0.3) is 5.91 Å². The van der Waals surface area contributed by atoms with E-state index >= 15 is 0 Å². The Kier molecular flexibility index (Phi) is 4.71. The number of nitrogens with zero attached hydrogens (tertiary/aromatic N) is 1. The molecule has 0 unspecified atom stereocenters. The van der Waals surface area contributed by atoms with Gasteiger partial charge in [-0.05, 0) is 48.9 Å². The van der Waals surface area contributed by atoms with Crippen molar-refractivity contribution in [3.63, 3.8) is 0 Å². The van der Waals surface area contributed by atoms with Crippen LogP contribution >= 0.6 is 23.2 Å². The minimum Gasteiger partial charge on any atom is -0.322 e. The Morgan fingerprint density at radius 1 is 1.04 bits per heavy atom. The predicted molar refractivity (Wildman–Crippen MR) is 96.6 cm³/mol. The van der Waals surface area contributed by atoms with Crippen LogP contribution < -0.4 is 9.62 Å². The van der Waals surface area contributed by atoms with Crippen LogP contribution in [0.1, 0.15) is 16.8 Å². The summed E-state index contributed by atoms with van der Waals surface area (Å²) in [6.45, 7) is 0.481. The number of nitrogens with one attached hydrogen (secondary N) is 1. The molecule has 2 aromatic carbocycles. The first-order valence-electron chi connectivity index (χ1n) is 7.23. The molecule has 3 rings (SSSR count). The van der Waals surface area contributed by atoms with Crippen LogP contribution in [0.2, 0.25) is 10.0 Å². The lowest BCUT2D eigenvalue weighted by atomic mass is 10.2. The fourth-order valence-corrected chi connectivity index (χ4v) is 4.62. The van der Waals surface area contributed by atoms with Crippen LogP contribution in [0.4, 0.5) is 11.4 Å². The molecule has 1 aliphatic rings. The van der Waals surface area contributed by atoms with E-state index in [-0.39, 0.29) is 11.7 Å². The minimum absolute atomic E-state index is 0.168. The summed E-state index contributed by atoms with van der Waals surface area (Å²) >= 11 is 11.8. The van der Waals surface area contributed by atoms with E-state index in [1.165, 1.54) is 16.4 Å². The van der Waals surface area contributed by atoms with Gasteiger partial charge in [0.2, 0.25) is 10.0 Å². The predicted octanol–water partition coefficient (Wildman–Crippen LogP) is 3.79.